The highest BCUT2D eigenvalue weighted by Crippen LogP contribution is 2.39. The van der Waals surface area contributed by atoms with Crippen molar-refractivity contribution in [1.29, 1.82) is 0 Å². The van der Waals surface area contributed by atoms with Gasteiger partial charge in [0.1, 0.15) is 5.75 Å². The second-order valence-electron chi connectivity index (χ2n) is 16.8. The number of nitrogens with zero attached hydrogens (tertiary/aromatic N) is 3. The number of piperazine rings is 1. The van der Waals surface area contributed by atoms with Crippen LogP contribution in [0.1, 0.15) is 47.8 Å². The third-order valence-electron chi connectivity index (χ3n) is 11.4. The van der Waals surface area contributed by atoms with Gasteiger partial charge in [0.25, 0.3) is 5.91 Å². The van der Waals surface area contributed by atoms with Crippen molar-refractivity contribution in [1.82, 2.24) is 14.7 Å². The Kier molecular flexibility index (Phi) is 13.8. The van der Waals surface area contributed by atoms with Crippen LogP contribution in [0, 0.1) is 6.92 Å². The highest BCUT2D eigenvalue weighted by atomic mass is 32.2. The maximum absolute atomic E-state index is 14.4. The second-order valence-corrected chi connectivity index (χ2v) is 23.0. The van der Waals surface area contributed by atoms with Crippen LogP contribution in [-0.4, -0.2) is 122 Å². The molecule has 6 rings (SSSR count). The molecule has 2 aliphatic rings. The van der Waals surface area contributed by atoms with E-state index in [1.54, 1.807) is 12.0 Å². The summed E-state index contributed by atoms with van der Waals surface area (Å²) in [6.45, 7) is 14.0. The molecule has 59 heavy (non-hydrogen) atoms. The predicted octanol–water partition coefficient (Wildman–Crippen LogP) is 6.07. The van der Waals surface area contributed by atoms with Crippen molar-refractivity contribution in [3.05, 3.63) is 119 Å². The number of carbonyl (C=O) groups is 1. The van der Waals surface area contributed by atoms with Crippen LogP contribution in [0.4, 0.5) is 13.2 Å². The molecule has 0 radical (unpaired) electrons. The molecule has 9 nitrogen and oxygen atoms in total. The van der Waals surface area contributed by atoms with Gasteiger partial charge in [-0.15, -0.1) is 0 Å². The van der Waals surface area contributed by atoms with Gasteiger partial charge in [-0.2, -0.15) is 13.2 Å². The van der Waals surface area contributed by atoms with Crippen LogP contribution >= 0.6 is 0 Å². The summed E-state index contributed by atoms with van der Waals surface area (Å²) in [6.07, 6.45) is -3.63. The Hall–Kier alpha value is -4.05. The number of ether oxygens (including phenoxy) is 2. The van der Waals surface area contributed by atoms with Gasteiger partial charge in [0, 0.05) is 70.8 Å². The van der Waals surface area contributed by atoms with Gasteiger partial charge in [0.05, 0.1) is 29.8 Å². The van der Waals surface area contributed by atoms with Crippen molar-refractivity contribution < 1.29 is 40.3 Å². The summed E-state index contributed by atoms with van der Waals surface area (Å²) in [5.41, 5.74) is 0.370. The number of benzene rings is 4. The average molecular weight is 852 g/mol. The molecule has 318 valence electrons. The van der Waals surface area contributed by atoms with E-state index in [1.165, 1.54) is 0 Å². The van der Waals surface area contributed by atoms with Gasteiger partial charge in [-0.05, 0) is 64.1 Å². The fourth-order valence-corrected chi connectivity index (χ4v) is 13.5. The van der Waals surface area contributed by atoms with Gasteiger partial charge in [-0.3, -0.25) is 14.6 Å². The number of aryl methyl sites for hydroxylation is 1. The zero-order valence-corrected chi connectivity index (χ0v) is 36.6. The summed E-state index contributed by atoms with van der Waals surface area (Å²) in [7, 11) is -5.40. The minimum absolute atomic E-state index is 0.0120. The van der Waals surface area contributed by atoms with E-state index in [0.29, 0.717) is 38.8 Å². The molecule has 2 saturated heterocycles. The number of carbonyl (C=O) groups excluding carboxylic acids is 1. The Morgan fingerprint density at radius 3 is 2.05 bits per heavy atom. The Morgan fingerprint density at radius 2 is 1.47 bits per heavy atom. The molecule has 4 aromatic rings. The highest BCUT2D eigenvalue weighted by molar-refractivity contribution is 7.90. The average Bonchev–Trinajstić information content (AvgIpc) is 3.19. The van der Waals surface area contributed by atoms with E-state index >= 15 is 0 Å². The number of alkyl halides is 3. The fraction of sp³-hybridized carbons (Fsp3) is 0.444. The largest absolute Gasteiger partial charge is 0.534 e. The lowest BCUT2D eigenvalue weighted by Gasteiger charge is -2.44. The molecule has 2 aliphatic heterocycles. The van der Waals surface area contributed by atoms with Gasteiger partial charge in [0.2, 0.25) is 0 Å². The predicted molar refractivity (Wildman–Crippen MR) is 227 cm³/mol. The summed E-state index contributed by atoms with van der Waals surface area (Å²) in [4.78, 5) is 20.1. The number of hydrogen-bond acceptors (Lipinski definition) is 8. The summed E-state index contributed by atoms with van der Waals surface area (Å²) in [5.74, 6) is 0.0908. The van der Waals surface area contributed by atoms with Crippen LogP contribution in [0.5, 0.6) is 5.75 Å². The minimum atomic E-state index is -4.85. The molecule has 0 N–H and O–H groups in total. The lowest BCUT2D eigenvalue weighted by molar-refractivity contribution is -0.137. The van der Waals surface area contributed by atoms with Crippen molar-refractivity contribution in [2.45, 2.75) is 62.4 Å². The third-order valence-corrected chi connectivity index (χ3v) is 17.5. The van der Waals surface area contributed by atoms with E-state index < -0.39 is 46.7 Å². The summed E-state index contributed by atoms with van der Waals surface area (Å²) in [5, 5.41) is 1.98. The number of amides is 1. The Bertz CT molecular complexity index is 2130. The highest BCUT2D eigenvalue weighted by Gasteiger charge is 2.52. The number of hydrogen-bond donors (Lipinski definition) is 0. The fourth-order valence-electron chi connectivity index (χ4n) is 8.35. The molecule has 0 aromatic heterocycles. The summed E-state index contributed by atoms with van der Waals surface area (Å²) in [6, 6.07) is 28.8. The monoisotopic (exact) mass is 851 g/mol. The third kappa shape index (κ3) is 10.5. The molecule has 0 aliphatic carbocycles. The molecular weight excluding hydrogens is 796 g/mol. The maximum atomic E-state index is 14.4. The lowest BCUT2D eigenvalue weighted by atomic mass is 9.99. The first kappa shape index (κ1) is 44.5. The van der Waals surface area contributed by atoms with Crippen LogP contribution < -0.4 is 14.8 Å². The molecular formula is C45H56F3N3O6SSi. The quantitative estimate of drug-likeness (QED) is 0.150. The molecule has 0 saturated carbocycles. The van der Waals surface area contributed by atoms with Crippen LogP contribution in [-0.2, 0) is 31.9 Å². The molecule has 14 heteroatoms. The van der Waals surface area contributed by atoms with Gasteiger partial charge in [-0.1, -0.05) is 93.6 Å². The first-order valence-corrected chi connectivity index (χ1v) is 23.9. The molecule has 1 amide bonds. The van der Waals surface area contributed by atoms with Crippen LogP contribution in [0.2, 0.25) is 5.04 Å². The van der Waals surface area contributed by atoms with Crippen molar-refractivity contribution in [2.75, 3.05) is 72.4 Å². The van der Waals surface area contributed by atoms with E-state index in [9.17, 15) is 26.4 Å². The standard InChI is InChI=1S/C45H56F3N3O6SSi/c1-33-17-18-34(26-42(33)57-59(44(2,3)4,40-13-9-7-10-14-40)41-15-11-8-12-16-41)25-37-30-49(19-20-50-23-24-56-38(31-50)32-55-5)21-22-51(37)43(52)35-27-36(45(46,47)48)29-39(28-35)58(6,53)54/h7-18,26-29,37-38H,19-25,30-32H2,1-6H3/t37-,38+/m1/s1. The first-order chi connectivity index (χ1) is 27.9. The Balaban J connectivity index is 1.35. The summed E-state index contributed by atoms with van der Waals surface area (Å²) < 4.78 is 86.0. The van der Waals surface area contributed by atoms with Crippen molar-refractivity contribution >= 4 is 34.4 Å². The number of methoxy groups -OCH3 is 1. The minimum Gasteiger partial charge on any atom is -0.534 e. The summed E-state index contributed by atoms with van der Waals surface area (Å²) >= 11 is 0. The molecule has 2 heterocycles. The number of halogens is 3. The number of sulfone groups is 1. The lowest BCUT2D eigenvalue weighted by Crippen LogP contribution is -2.68. The Morgan fingerprint density at radius 1 is 0.847 bits per heavy atom. The maximum Gasteiger partial charge on any atom is 0.416 e. The number of rotatable bonds is 13. The van der Waals surface area contributed by atoms with E-state index in [-0.39, 0.29) is 23.3 Å². The molecule has 4 aromatic carbocycles. The van der Waals surface area contributed by atoms with E-state index in [4.69, 9.17) is 13.9 Å². The molecule has 0 spiro atoms. The smallest absolute Gasteiger partial charge is 0.416 e. The van der Waals surface area contributed by atoms with Gasteiger partial charge < -0.3 is 18.8 Å². The second kappa shape index (κ2) is 18.3. The van der Waals surface area contributed by atoms with Crippen molar-refractivity contribution in [3.8, 4) is 5.75 Å². The van der Waals surface area contributed by atoms with E-state index in [0.717, 1.165) is 71.8 Å². The van der Waals surface area contributed by atoms with Crippen LogP contribution in [0.3, 0.4) is 0 Å². The normalized spacial score (nSPS) is 18.8. The van der Waals surface area contributed by atoms with Gasteiger partial charge >= 0.3 is 14.5 Å². The molecule has 0 unspecified atom stereocenters. The molecule has 2 atom stereocenters. The van der Waals surface area contributed by atoms with E-state index in [2.05, 4.69) is 54.8 Å². The molecule has 0 bridgehead atoms. The van der Waals surface area contributed by atoms with Crippen LogP contribution in [0.25, 0.3) is 0 Å². The van der Waals surface area contributed by atoms with Crippen molar-refractivity contribution in [2.24, 2.45) is 0 Å². The van der Waals surface area contributed by atoms with Crippen molar-refractivity contribution in [3.63, 3.8) is 0 Å². The van der Waals surface area contributed by atoms with Gasteiger partial charge in [-0.25, -0.2) is 8.42 Å². The Labute approximate surface area is 348 Å². The number of morpholine rings is 1. The van der Waals surface area contributed by atoms with Crippen LogP contribution in [0.15, 0.2) is 102 Å². The zero-order valence-electron chi connectivity index (χ0n) is 34.8. The SMILES string of the molecule is COC[C@@H]1CN(CCN2CCN(C(=O)c3cc(C(F)(F)F)cc(S(C)(=O)=O)c3)[C@H](Cc3ccc(C)c(O[Si](c4ccccc4)(c4ccccc4)C(C)(C)C)c3)C2)CCO1. The van der Waals surface area contributed by atoms with Gasteiger partial charge in [0.15, 0.2) is 9.84 Å². The molecule has 2 fully saturated rings. The zero-order chi connectivity index (χ0) is 42.6. The first-order valence-electron chi connectivity index (χ1n) is 20.1. The van der Waals surface area contributed by atoms with E-state index in [1.807, 2.05) is 61.5 Å². The topological polar surface area (TPSA) is 88.6 Å².